The van der Waals surface area contributed by atoms with E-state index in [-0.39, 0.29) is 12.1 Å². The van der Waals surface area contributed by atoms with E-state index in [9.17, 15) is 9.90 Å². The molecule has 1 saturated heterocycles. The van der Waals surface area contributed by atoms with E-state index in [4.69, 9.17) is 4.74 Å². The Kier molecular flexibility index (Phi) is 4.11. The second kappa shape index (κ2) is 4.94. The lowest BCUT2D eigenvalue weighted by atomic mass is 9.96. The third-order valence-electron chi connectivity index (χ3n) is 2.92. The Bertz CT molecular complexity index is 225. The molecule has 0 spiro atoms. The molecule has 1 aliphatic heterocycles. The van der Waals surface area contributed by atoms with Crippen molar-refractivity contribution in [3.63, 3.8) is 0 Å². The molecule has 0 saturated carbocycles. The van der Waals surface area contributed by atoms with Crippen LogP contribution in [-0.4, -0.2) is 30.1 Å². The van der Waals surface area contributed by atoms with Crippen LogP contribution in [0.25, 0.3) is 0 Å². The van der Waals surface area contributed by atoms with E-state index in [0.717, 1.165) is 19.3 Å². The van der Waals surface area contributed by atoms with Crippen LogP contribution < -0.4 is 0 Å². The zero-order chi connectivity index (χ0) is 11.5. The van der Waals surface area contributed by atoms with Gasteiger partial charge in [0.25, 0.3) is 0 Å². The van der Waals surface area contributed by atoms with Gasteiger partial charge < -0.3 is 14.6 Å². The van der Waals surface area contributed by atoms with E-state index in [2.05, 4.69) is 11.7 Å². The summed E-state index contributed by atoms with van der Waals surface area (Å²) in [7, 11) is 1.33. The molecule has 15 heavy (non-hydrogen) atoms. The van der Waals surface area contributed by atoms with Crippen LogP contribution in [0.5, 0.6) is 0 Å². The Balaban J connectivity index is 2.56. The minimum absolute atomic E-state index is 0.0240. The molecule has 0 bridgehead atoms. The fraction of sp³-hybridized carbons (Fsp3) is 0.909. The van der Waals surface area contributed by atoms with Crippen LogP contribution in [0, 0.1) is 5.92 Å². The molecule has 88 valence electrons. The largest absolute Gasteiger partial charge is 0.469 e. The summed E-state index contributed by atoms with van der Waals surface area (Å²) in [6.07, 6.45) is 3.56. The zero-order valence-corrected chi connectivity index (χ0v) is 9.66. The number of rotatable bonds is 4. The van der Waals surface area contributed by atoms with Gasteiger partial charge >= 0.3 is 5.97 Å². The maximum absolute atomic E-state index is 11.4. The first-order valence-electron chi connectivity index (χ1n) is 5.49. The summed E-state index contributed by atoms with van der Waals surface area (Å²) < 4.78 is 10.1. The van der Waals surface area contributed by atoms with E-state index in [1.54, 1.807) is 0 Å². The first-order valence-corrected chi connectivity index (χ1v) is 5.49. The molecule has 0 aromatic carbocycles. The predicted molar refractivity (Wildman–Crippen MR) is 55.1 cm³/mol. The Morgan fingerprint density at radius 1 is 1.67 bits per heavy atom. The van der Waals surface area contributed by atoms with Crippen LogP contribution in [0.15, 0.2) is 0 Å². The zero-order valence-electron chi connectivity index (χ0n) is 9.66. The standard InChI is InChI=1S/C11H20O4/c1-4-5-6-8-7-9(10(12)14-3)11(2,13)15-8/h8-9,13H,4-7H2,1-3H3/t8-,9-,11-/m0/s1. The summed E-state index contributed by atoms with van der Waals surface area (Å²) in [6.45, 7) is 3.63. The van der Waals surface area contributed by atoms with E-state index < -0.39 is 11.7 Å². The molecule has 1 N–H and O–H groups in total. The van der Waals surface area contributed by atoms with E-state index in [0.29, 0.717) is 6.42 Å². The monoisotopic (exact) mass is 216 g/mol. The van der Waals surface area contributed by atoms with Crippen LogP contribution in [-0.2, 0) is 14.3 Å². The number of aliphatic hydroxyl groups is 1. The molecule has 4 nitrogen and oxygen atoms in total. The first kappa shape index (κ1) is 12.5. The molecule has 3 atom stereocenters. The van der Waals surface area contributed by atoms with Crippen molar-refractivity contribution in [3.05, 3.63) is 0 Å². The van der Waals surface area contributed by atoms with Crippen LogP contribution in [0.3, 0.4) is 0 Å². The van der Waals surface area contributed by atoms with Gasteiger partial charge in [0.15, 0.2) is 5.79 Å². The van der Waals surface area contributed by atoms with E-state index in [1.165, 1.54) is 14.0 Å². The molecular formula is C11H20O4. The Hall–Kier alpha value is -0.610. The molecule has 4 heteroatoms. The fourth-order valence-corrected chi connectivity index (χ4v) is 2.01. The lowest BCUT2D eigenvalue weighted by Crippen LogP contribution is -2.36. The summed E-state index contributed by atoms with van der Waals surface area (Å²) in [5.41, 5.74) is 0. The average molecular weight is 216 g/mol. The lowest BCUT2D eigenvalue weighted by Gasteiger charge is -2.22. The average Bonchev–Trinajstić information content (AvgIpc) is 2.49. The van der Waals surface area contributed by atoms with Crippen molar-refractivity contribution in [2.24, 2.45) is 5.92 Å². The van der Waals surface area contributed by atoms with Gasteiger partial charge in [-0.1, -0.05) is 19.8 Å². The highest BCUT2D eigenvalue weighted by Gasteiger charge is 2.48. The quantitative estimate of drug-likeness (QED) is 0.723. The highest BCUT2D eigenvalue weighted by molar-refractivity contribution is 5.73. The molecule has 0 aliphatic carbocycles. The van der Waals surface area contributed by atoms with Crippen LogP contribution in [0.1, 0.15) is 39.5 Å². The first-order chi connectivity index (χ1) is 7.01. The number of hydrogen-bond donors (Lipinski definition) is 1. The van der Waals surface area contributed by atoms with Gasteiger partial charge in [0.2, 0.25) is 0 Å². The SMILES string of the molecule is CCCC[C@H]1C[C@@H](C(=O)OC)[C@@](C)(O)O1. The van der Waals surface area contributed by atoms with Gasteiger partial charge in [-0.05, 0) is 19.8 Å². The van der Waals surface area contributed by atoms with Crippen molar-refractivity contribution in [2.45, 2.75) is 51.4 Å². The van der Waals surface area contributed by atoms with E-state index >= 15 is 0 Å². The minimum atomic E-state index is -1.37. The second-order valence-corrected chi connectivity index (χ2v) is 4.25. The van der Waals surface area contributed by atoms with Gasteiger partial charge in [0.05, 0.1) is 13.2 Å². The third kappa shape index (κ3) is 2.92. The topological polar surface area (TPSA) is 55.8 Å². The molecule has 1 heterocycles. The number of hydrogen-bond acceptors (Lipinski definition) is 4. The van der Waals surface area contributed by atoms with Crippen molar-refractivity contribution >= 4 is 5.97 Å². The molecule has 1 fully saturated rings. The predicted octanol–water partition coefficient (Wildman–Crippen LogP) is 1.46. The maximum Gasteiger partial charge on any atom is 0.314 e. The summed E-state index contributed by atoms with van der Waals surface area (Å²) in [4.78, 5) is 11.4. The molecule has 0 amide bonds. The van der Waals surface area contributed by atoms with Crippen molar-refractivity contribution < 1.29 is 19.4 Å². The van der Waals surface area contributed by atoms with Gasteiger partial charge in [-0.15, -0.1) is 0 Å². The van der Waals surface area contributed by atoms with E-state index in [1.807, 2.05) is 0 Å². The van der Waals surface area contributed by atoms with Gasteiger partial charge in [-0.3, -0.25) is 4.79 Å². The van der Waals surface area contributed by atoms with Crippen molar-refractivity contribution in [3.8, 4) is 0 Å². The van der Waals surface area contributed by atoms with Gasteiger partial charge in [-0.25, -0.2) is 0 Å². The normalized spacial score (nSPS) is 35.5. The molecular weight excluding hydrogens is 196 g/mol. The Labute approximate surface area is 90.6 Å². The molecule has 0 radical (unpaired) electrons. The van der Waals surface area contributed by atoms with Crippen molar-refractivity contribution in [1.82, 2.24) is 0 Å². The summed E-state index contributed by atoms with van der Waals surface area (Å²) in [6, 6.07) is 0. The summed E-state index contributed by atoms with van der Waals surface area (Å²) in [5, 5.41) is 9.90. The Morgan fingerprint density at radius 3 is 2.87 bits per heavy atom. The second-order valence-electron chi connectivity index (χ2n) is 4.25. The lowest BCUT2D eigenvalue weighted by molar-refractivity contribution is -0.206. The fourth-order valence-electron chi connectivity index (χ4n) is 2.01. The number of carbonyl (C=O) groups is 1. The maximum atomic E-state index is 11.4. The number of carbonyl (C=O) groups excluding carboxylic acids is 1. The van der Waals surface area contributed by atoms with Crippen molar-refractivity contribution in [1.29, 1.82) is 0 Å². The summed E-state index contributed by atoms with van der Waals surface area (Å²) >= 11 is 0. The van der Waals surface area contributed by atoms with Crippen LogP contribution in [0.4, 0.5) is 0 Å². The van der Waals surface area contributed by atoms with Gasteiger partial charge in [-0.2, -0.15) is 0 Å². The molecule has 1 aliphatic rings. The molecule has 0 aromatic rings. The highest BCUT2D eigenvalue weighted by atomic mass is 16.6. The van der Waals surface area contributed by atoms with Crippen LogP contribution in [0.2, 0.25) is 0 Å². The minimum Gasteiger partial charge on any atom is -0.469 e. The summed E-state index contributed by atoms with van der Waals surface area (Å²) in [5.74, 6) is -2.31. The molecule has 0 aromatic heterocycles. The number of ether oxygens (including phenoxy) is 2. The highest BCUT2D eigenvalue weighted by Crippen LogP contribution is 2.36. The van der Waals surface area contributed by atoms with Gasteiger partial charge in [0.1, 0.15) is 5.92 Å². The third-order valence-corrected chi connectivity index (χ3v) is 2.92. The Morgan fingerprint density at radius 2 is 2.33 bits per heavy atom. The number of esters is 1. The molecule has 1 rings (SSSR count). The number of unbranched alkanes of at least 4 members (excludes halogenated alkanes) is 1. The smallest absolute Gasteiger partial charge is 0.314 e. The van der Waals surface area contributed by atoms with Crippen LogP contribution >= 0.6 is 0 Å². The number of methoxy groups -OCH3 is 1. The van der Waals surface area contributed by atoms with Crippen molar-refractivity contribution in [2.75, 3.05) is 7.11 Å². The molecule has 0 unspecified atom stereocenters. The van der Waals surface area contributed by atoms with Gasteiger partial charge in [0, 0.05) is 0 Å².